The van der Waals surface area contributed by atoms with E-state index in [2.05, 4.69) is 0 Å². The molecule has 0 amide bonds. The van der Waals surface area contributed by atoms with Gasteiger partial charge in [-0.05, 0) is 11.6 Å². The molecule has 0 fully saturated rings. The number of hydrogen-bond donors (Lipinski definition) is 1. The summed E-state index contributed by atoms with van der Waals surface area (Å²) in [4.78, 5) is 0. The lowest BCUT2D eigenvalue weighted by atomic mass is 10.2. The molecule has 0 heterocycles. The molecule has 11 heavy (non-hydrogen) atoms. The van der Waals surface area contributed by atoms with E-state index in [9.17, 15) is 8.42 Å². The molecule has 0 saturated heterocycles. The molecule has 2 nitrogen and oxygen atoms in total. The summed E-state index contributed by atoms with van der Waals surface area (Å²) < 4.78 is 20.2. The van der Waals surface area contributed by atoms with Crippen LogP contribution in [0.1, 0.15) is 5.56 Å². The van der Waals surface area contributed by atoms with Gasteiger partial charge in [0.25, 0.3) is 0 Å². The van der Waals surface area contributed by atoms with Crippen LogP contribution >= 0.6 is 0 Å². The third-order valence-corrected chi connectivity index (χ3v) is 1.58. The van der Waals surface area contributed by atoms with Gasteiger partial charge in [-0.25, -0.2) is 8.42 Å². The zero-order valence-electron chi connectivity index (χ0n) is 5.81. The maximum atomic E-state index is 10.1. The number of hydrogen-bond acceptors (Lipinski definition) is 2. The first-order valence-corrected chi connectivity index (χ1v) is 4.40. The molecular formula is C8H8O2S. The number of benzene rings is 1. The van der Waals surface area contributed by atoms with Crippen molar-refractivity contribution in [1.82, 2.24) is 0 Å². The lowest BCUT2D eigenvalue weighted by molar-refractivity contribution is 0.622. The highest BCUT2D eigenvalue weighted by molar-refractivity contribution is 7.75. The summed E-state index contributed by atoms with van der Waals surface area (Å²) in [7, 11) is -2.40. The minimum Gasteiger partial charge on any atom is -0.227 e. The molecule has 1 aromatic rings. The highest BCUT2D eigenvalue weighted by Gasteiger charge is 1.81. The zero-order chi connectivity index (χ0) is 8.10. The summed E-state index contributed by atoms with van der Waals surface area (Å²) in [6.45, 7) is 0. The van der Waals surface area contributed by atoms with Crippen molar-refractivity contribution in [3.63, 3.8) is 0 Å². The molecule has 1 aromatic carbocycles. The molecule has 0 unspecified atom stereocenters. The van der Waals surface area contributed by atoms with E-state index >= 15 is 0 Å². The van der Waals surface area contributed by atoms with E-state index < -0.39 is 10.7 Å². The fourth-order valence-electron chi connectivity index (χ4n) is 0.711. The number of rotatable bonds is 2. The molecule has 0 bridgehead atoms. The molecule has 1 rings (SSSR count). The first-order valence-electron chi connectivity index (χ1n) is 3.16. The Kier molecular flexibility index (Phi) is 2.86. The predicted octanol–water partition coefficient (Wildman–Crippen LogP) is 1.27. The van der Waals surface area contributed by atoms with Gasteiger partial charge in [-0.15, -0.1) is 0 Å². The highest BCUT2D eigenvalue weighted by Crippen LogP contribution is 1.99. The maximum Gasteiger partial charge on any atom is 0.161 e. The summed E-state index contributed by atoms with van der Waals surface area (Å²) in [5.41, 5.74) is 0.895. The van der Waals surface area contributed by atoms with Crippen molar-refractivity contribution in [2.45, 2.75) is 0 Å². The lowest BCUT2D eigenvalue weighted by Gasteiger charge is -1.86. The standard InChI is InChI=1S/C8H8O2S/c9-11(10)7-6-8-4-2-1-3-5-8/h1-7,11H. The smallest absolute Gasteiger partial charge is 0.161 e. The van der Waals surface area contributed by atoms with Crippen LogP contribution in [-0.4, -0.2) is 8.42 Å². The van der Waals surface area contributed by atoms with E-state index in [0.29, 0.717) is 0 Å². The van der Waals surface area contributed by atoms with Crippen LogP contribution in [0, 0.1) is 0 Å². The molecular weight excluding hydrogens is 160 g/mol. The molecule has 0 N–H and O–H groups in total. The first kappa shape index (κ1) is 8.01. The van der Waals surface area contributed by atoms with E-state index in [1.54, 1.807) is 6.08 Å². The maximum absolute atomic E-state index is 10.1. The van der Waals surface area contributed by atoms with Crippen LogP contribution in [0.3, 0.4) is 0 Å². The van der Waals surface area contributed by atoms with Gasteiger partial charge >= 0.3 is 0 Å². The predicted molar refractivity (Wildman–Crippen MR) is 45.8 cm³/mol. The molecule has 0 radical (unpaired) electrons. The summed E-state index contributed by atoms with van der Waals surface area (Å²) in [6.07, 6.45) is 1.56. The summed E-state index contributed by atoms with van der Waals surface area (Å²) >= 11 is 0. The van der Waals surface area contributed by atoms with Crippen molar-refractivity contribution >= 4 is 16.8 Å². The van der Waals surface area contributed by atoms with Crippen LogP contribution in [-0.2, 0) is 10.7 Å². The van der Waals surface area contributed by atoms with Crippen LogP contribution in [0.4, 0.5) is 0 Å². The fourth-order valence-corrected chi connectivity index (χ4v) is 1.00. The Balaban J connectivity index is 2.80. The molecule has 0 spiro atoms. The van der Waals surface area contributed by atoms with Crippen molar-refractivity contribution in [1.29, 1.82) is 0 Å². The van der Waals surface area contributed by atoms with Gasteiger partial charge < -0.3 is 0 Å². The Hall–Kier alpha value is -1.09. The third kappa shape index (κ3) is 3.00. The normalized spacial score (nSPS) is 11.0. The lowest BCUT2D eigenvalue weighted by Crippen LogP contribution is -1.69. The SMILES string of the molecule is O=[SH](=O)C=Cc1ccccc1. The van der Waals surface area contributed by atoms with Crippen molar-refractivity contribution in [3.8, 4) is 0 Å². The second-order valence-electron chi connectivity index (χ2n) is 2.01. The second kappa shape index (κ2) is 3.93. The van der Waals surface area contributed by atoms with E-state index in [1.165, 1.54) is 0 Å². The van der Waals surface area contributed by atoms with Crippen LogP contribution in [0.5, 0.6) is 0 Å². The summed E-state index contributed by atoms with van der Waals surface area (Å²) in [5.74, 6) is 0. The molecule has 0 atom stereocenters. The van der Waals surface area contributed by atoms with Crippen molar-refractivity contribution in [2.75, 3.05) is 0 Å². The van der Waals surface area contributed by atoms with E-state index in [-0.39, 0.29) is 0 Å². The Morgan fingerprint density at radius 1 is 1.09 bits per heavy atom. The van der Waals surface area contributed by atoms with Crippen LogP contribution in [0.2, 0.25) is 0 Å². The van der Waals surface area contributed by atoms with Crippen molar-refractivity contribution in [2.24, 2.45) is 0 Å². The molecule has 0 aliphatic carbocycles. The minimum atomic E-state index is -2.40. The topological polar surface area (TPSA) is 34.1 Å². The zero-order valence-corrected chi connectivity index (χ0v) is 6.70. The van der Waals surface area contributed by atoms with Gasteiger partial charge in [-0.3, -0.25) is 0 Å². The van der Waals surface area contributed by atoms with Crippen molar-refractivity contribution < 1.29 is 8.42 Å². The van der Waals surface area contributed by atoms with E-state index in [0.717, 1.165) is 11.0 Å². The Bertz CT molecular complexity index is 304. The number of thiol groups is 1. The van der Waals surface area contributed by atoms with Gasteiger partial charge in [-0.1, -0.05) is 30.3 Å². The Morgan fingerprint density at radius 3 is 2.27 bits per heavy atom. The van der Waals surface area contributed by atoms with Gasteiger partial charge in [0.2, 0.25) is 0 Å². The molecule has 0 aromatic heterocycles. The molecule has 0 saturated carbocycles. The first-order chi connectivity index (χ1) is 5.29. The third-order valence-electron chi connectivity index (χ3n) is 1.19. The van der Waals surface area contributed by atoms with Gasteiger partial charge in [0, 0.05) is 5.41 Å². The molecule has 0 aliphatic heterocycles. The quantitative estimate of drug-likeness (QED) is 0.675. The average molecular weight is 168 g/mol. The van der Waals surface area contributed by atoms with Crippen LogP contribution in [0.15, 0.2) is 35.7 Å². The second-order valence-corrected chi connectivity index (χ2v) is 2.88. The van der Waals surface area contributed by atoms with Gasteiger partial charge in [0.15, 0.2) is 10.7 Å². The summed E-state index contributed by atoms with van der Waals surface area (Å²) in [5, 5.41) is 1.16. The summed E-state index contributed by atoms with van der Waals surface area (Å²) in [6, 6.07) is 9.29. The minimum absolute atomic E-state index is 0.895. The molecule has 0 aliphatic rings. The largest absolute Gasteiger partial charge is 0.227 e. The van der Waals surface area contributed by atoms with E-state index in [1.807, 2.05) is 30.3 Å². The van der Waals surface area contributed by atoms with Gasteiger partial charge in [-0.2, -0.15) is 0 Å². The van der Waals surface area contributed by atoms with Gasteiger partial charge in [0.05, 0.1) is 0 Å². The monoisotopic (exact) mass is 168 g/mol. The average Bonchev–Trinajstić information content (AvgIpc) is 2.03. The van der Waals surface area contributed by atoms with Gasteiger partial charge in [0.1, 0.15) is 0 Å². The molecule has 58 valence electrons. The Labute approximate surface area is 67.1 Å². The van der Waals surface area contributed by atoms with Crippen LogP contribution in [0.25, 0.3) is 6.08 Å². The van der Waals surface area contributed by atoms with Crippen molar-refractivity contribution in [3.05, 3.63) is 41.3 Å². The van der Waals surface area contributed by atoms with Crippen LogP contribution < -0.4 is 0 Å². The van der Waals surface area contributed by atoms with E-state index in [4.69, 9.17) is 0 Å². The Morgan fingerprint density at radius 2 is 1.73 bits per heavy atom. The molecule has 3 heteroatoms. The fraction of sp³-hybridized carbons (Fsp3) is 0. The highest BCUT2D eigenvalue weighted by atomic mass is 32.2.